The minimum absolute atomic E-state index is 0.107. The number of nitrogens with one attached hydrogen (secondary N) is 3. The molecule has 194 valence electrons. The Bertz CT molecular complexity index is 1020. The standard InChI is InChI=1S/C25H33N5O5S/c1-36-12-11-20(29-23(33)19(26)13-17-7-9-18(31)10-8-17)25(35)30-21(24(34)28-15-22(27)32)14-16-5-3-2-4-6-16/h2-10,19-21,31H,11-15,26H2,1H3,(H2,27,32)(H,28,34)(H,29,33)(H,30,35)/t19-,20-,21-/m0/s1. The monoisotopic (exact) mass is 515 g/mol. The van der Waals surface area contributed by atoms with Gasteiger partial charge >= 0.3 is 0 Å². The van der Waals surface area contributed by atoms with Gasteiger partial charge in [-0.15, -0.1) is 0 Å². The average Bonchev–Trinajstić information content (AvgIpc) is 2.86. The van der Waals surface area contributed by atoms with E-state index < -0.39 is 41.8 Å². The highest BCUT2D eigenvalue weighted by atomic mass is 32.2. The maximum Gasteiger partial charge on any atom is 0.243 e. The molecule has 0 unspecified atom stereocenters. The quantitative estimate of drug-likeness (QED) is 0.202. The predicted molar refractivity (Wildman–Crippen MR) is 139 cm³/mol. The van der Waals surface area contributed by atoms with Gasteiger partial charge in [0.1, 0.15) is 17.8 Å². The molecule has 0 aliphatic rings. The third kappa shape index (κ3) is 9.96. The maximum absolute atomic E-state index is 13.2. The summed E-state index contributed by atoms with van der Waals surface area (Å²) < 4.78 is 0. The highest BCUT2D eigenvalue weighted by molar-refractivity contribution is 7.98. The molecule has 10 nitrogen and oxygen atoms in total. The molecule has 2 aromatic rings. The zero-order valence-corrected chi connectivity index (χ0v) is 20.9. The molecule has 0 aliphatic carbocycles. The molecule has 0 spiro atoms. The van der Waals surface area contributed by atoms with Crippen molar-refractivity contribution in [1.29, 1.82) is 0 Å². The third-order valence-corrected chi connectivity index (χ3v) is 5.97. The Hall–Kier alpha value is -3.57. The van der Waals surface area contributed by atoms with E-state index in [0.717, 1.165) is 11.1 Å². The number of phenols is 1. The Morgan fingerprint density at radius 1 is 0.861 bits per heavy atom. The molecule has 4 amide bonds. The second kappa shape index (κ2) is 14.7. The number of carbonyl (C=O) groups excluding carboxylic acids is 4. The van der Waals surface area contributed by atoms with Gasteiger partial charge in [0.15, 0.2) is 0 Å². The molecule has 3 atom stereocenters. The molecule has 2 rings (SSSR count). The van der Waals surface area contributed by atoms with Crippen LogP contribution in [0.3, 0.4) is 0 Å². The summed E-state index contributed by atoms with van der Waals surface area (Å²) in [5.74, 6) is -1.63. The number of hydrogen-bond acceptors (Lipinski definition) is 7. The first-order valence-corrected chi connectivity index (χ1v) is 12.8. The zero-order valence-electron chi connectivity index (χ0n) is 20.1. The highest BCUT2D eigenvalue weighted by Crippen LogP contribution is 2.11. The topological polar surface area (TPSA) is 177 Å². The van der Waals surface area contributed by atoms with Crippen molar-refractivity contribution in [3.05, 3.63) is 65.7 Å². The van der Waals surface area contributed by atoms with E-state index in [4.69, 9.17) is 11.5 Å². The lowest BCUT2D eigenvalue weighted by Crippen LogP contribution is -2.57. The maximum atomic E-state index is 13.2. The molecule has 11 heteroatoms. The lowest BCUT2D eigenvalue weighted by molar-refractivity contribution is -0.132. The van der Waals surface area contributed by atoms with Crippen molar-refractivity contribution < 1.29 is 24.3 Å². The molecule has 0 aliphatic heterocycles. The second-order valence-corrected chi connectivity index (χ2v) is 9.24. The molecule has 0 bridgehead atoms. The number of rotatable bonds is 14. The molecule has 0 heterocycles. The first-order valence-electron chi connectivity index (χ1n) is 11.4. The van der Waals surface area contributed by atoms with Gasteiger partial charge < -0.3 is 32.5 Å². The lowest BCUT2D eigenvalue weighted by Gasteiger charge is -2.24. The fourth-order valence-electron chi connectivity index (χ4n) is 3.39. The number of hydrogen-bond donors (Lipinski definition) is 6. The fourth-order valence-corrected chi connectivity index (χ4v) is 3.86. The zero-order chi connectivity index (χ0) is 26.5. The number of thioether (sulfide) groups is 1. The summed E-state index contributed by atoms with van der Waals surface area (Å²) in [6.45, 7) is -0.362. The van der Waals surface area contributed by atoms with E-state index >= 15 is 0 Å². The molecule has 0 fully saturated rings. The molecule has 0 saturated carbocycles. The van der Waals surface area contributed by atoms with E-state index in [1.165, 1.54) is 23.9 Å². The van der Waals surface area contributed by atoms with Crippen molar-refractivity contribution in [2.45, 2.75) is 37.4 Å². The highest BCUT2D eigenvalue weighted by Gasteiger charge is 2.28. The predicted octanol–water partition coefficient (Wildman–Crippen LogP) is -0.171. The normalized spacial score (nSPS) is 13.2. The number of primary amides is 1. The first kappa shape index (κ1) is 28.7. The Morgan fingerprint density at radius 3 is 2.08 bits per heavy atom. The van der Waals surface area contributed by atoms with E-state index in [9.17, 15) is 24.3 Å². The largest absolute Gasteiger partial charge is 0.508 e. The smallest absolute Gasteiger partial charge is 0.243 e. The Balaban J connectivity index is 2.10. The van der Waals surface area contributed by atoms with Crippen molar-refractivity contribution in [3.63, 3.8) is 0 Å². The molecule has 8 N–H and O–H groups in total. The van der Waals surface area contributed by atoms with Gasteiger partial charge in [-0.05, 0) is 48.1 Å². The van der Waals surface area contributed by atoms with Crippen molar-refractivity contribution >= 4 is 35.4 Å². The summed E-state index contributed by atoms with van der Waals surface area (Å²) in [4.78, 5) is 49.8. The summed E-state index contributed by atoms with van der Waals surface area (Å²) in [5.41, 5.74) is 12.8. The van der Waals surface area contributed by atoms with Crippen LogP contribution in [0.1, 0.15) is 17.5 Å². The molecule has 2 aromatic carbocycles. The van der Waals surface area contributed by atoms with E-state index in [1.807, 2.05) is 36.6 Å². The van der Waals surface area contributed by atoms with Crippen molar-refractivity contribution in [3.8, 4) is 5.75 Å². The summed E-state index contributed by atoms with van der Waals surface area (Å²) in [7, 11) is 0. The van der Waals surface area contributed by atoms with Crippen LogP contribution in [-0.2, 0) is 32.0 Å². The molecule has 0 saturated heterocycles. The SMILES string of the molecule is CSCC[C@H](NC(=O)[C@@H](N)Cc1ccc(O)cc1)C(=O)N[C@@H](Cc1ccccc1)C(=O)NCC(N)=O. The van der Waals surface area contributed by atoms with Gasteiger partial charge in [0.05, 0.1) is 12.6 Å². The van der Waals surface area contributed by atoms with Gasteiger partial charge in [0.2, 0.25) is 23.6 Å². The van der Waals surface area contributed by atoms with E-state index in [-0.39, 0.29) is 25.1 Å². The number of benzene rings is 2. The van der Waals surface area contributed by atoms with Crippen LogP contribution in [0, 0.1) is 0 Å². The van der Waals surface area contributed by atoms with Gasteiger partial charge in [-0.1, -0.05) is 42.5 Å². The Morgan fingerprint density at radius 2 is 1.47 bits per heavy atom. The Labute approximate surface area is 214 Å². The van der Waals surface area contributed by atoms with Crippen LogP contribution in [0.4, 0.5) is 0 Å². The number of carbonyl (C=O) groups is 4. The van der Waals surface area contributed by atoms with E-state index in [0.29, 0.717) is 12.2 Å². The minimum Gasteiger partial charge on any atom is -0.508 e. The summed E-state index contributed by atoms with van der Waals surface area (Å²) >= 11 is 1.51. The van der Waals surface area contributed by atoms with Crippen LogP contribution >= 0.6 is 11.8 Å². The molecule has 0 radical (unpaired) electrons. The third-order valence-electron chi connectivity index (χ3n) is 5.32. The molecule has 0 aromatic heterocycles. The first-order chi connectivity index (χ1) is 17.2. The summed E-state index contributed by atoms with van der Waals surface area (Å²) in [5, 5.41) is 17.2. The van der Waals surface area contributed by atoms with Gasteiger partial charge in [0, 0.05) is 6.42 Å². The molecule has 36 heavy (non-hydrogen) atoms. The van der Waals surface area contributed by atoms with Crippen LogP contribution in [0.5, 0.6) is 5.75 Å². The summed E-state index contributed by atoms with van der Waals surface area (Å²) in [6, 6.07) is 12.6. The van der Waals surface area contributed by atoms with Gasteiger partial charge in [-0.2, -0.15) is 11.8 Å². The number of phenolic OH excluding ortho intramolecular Hbond substituents is 1. The Kier molecular flexibility index (Phi) is 11.7. The number of amides is 4. The van der Waals surface area contributed by atoms with Gasteiger partial charge in [-0.25, -0.2) is 0 Å². The van der Waals surface area contributed by atoms with Crippen LogP contribution < -0.4 is 27.4 Å². The van der Waals surface area contributed by atoms with Gasteiger partial charge in [-0.3, -0.25) is 19.2 Å². The van der Waals surface area contributed by atoms with Crippen molar-refractivity contribution in [2.75, 3.05) is 18.6 Å². The van der Waals surface area contributed by atoms with Crippen LogP contribution in [0.25, 0.3) is 0 Å². The molecular weight excluding hydrogens is 482 g/mol. The lowest BCUT2D eigenvalue weighted by atomic mass is 10.0. The van der Waals surface area contributed by atoms with Crippen LogP contribution in [-0.4, -0.2) is 65.4 Å². The second-order valence-electron chi connectivity index (χ2n) is 8.25. The van der Waals surface area contributed by atoms with Crippen LogP contribution in [0.2, 0.25) is 0 Å². The minimum atomic E-state index is -0.987. The van der Waals surface area contributed by atoms with E-state index in [1.54, 1.807) is 12.1 Å². The van der Waals surface area contributed by atoms with Crippen molar-refractivity contribution in [2.24, 2.45) is 11.5 Å². The van der Waals surface area contributed by atoms with E-state index in [2.05, 4.69) is 16.0 Å². The van der Waals surface area contributed by atoms with Crippen molar-refractivity contribution in [1.82, 2.24) is 16.0 Å². The number of nitrogens with two attached hydrogens (primary N) is 2. The van der Waals surface area contributed by atoms with Gasteiger partial charge in [0.25, 0.3) is 0 Å². The number of aromatic hydroxyl groups is 1. The fraction of sp³-hybridized carbons (Fsp3) is 0.360. The molecular formula is C25H33N5O5S. The average molecular weight is 516 g/mol. The summed E-state index contributed by atoms with van der Waals surface area (Å²) in [6.07, 6.45) is 2.60. The van der Waals surface area contributed by atoms with Crippen LogP contribution in [0.15, 0.2) is 54.6 Å².